The van der Waals surface area contributed by atoms with Crippen molar-refractivity contribution in [2.75, 3.05) is 116 Å². The fourth-order valence-corrected chi connectivity index (χ4v) is 11.1. The van der Waals surface area contributed by atoms with Crippen LogP contribution in [0.5, 0.6) is 5.75 Å². The van der Waals surface area contributed by atoms with E-state index < -0.39 is 129 Å². The number of ether oxygens (including phenoxy) is 1. The zero-order chi connectivity index (χ0) is 72.3. The van der Waals surface area contributed by atoms with E-state index in [1.807, 2.05) is 4.72 Å². The molecule has 96 heavy (non-hydrogen) atoms. The molecule has 4 aromatic rings. The number of aromatic nitrogens is 4. The molecule has 43 heteroatoms. The summed E-state index contributed by atoms with van der Waals surface area (Å²) in [6, 6.07) is 3.27. The minimum Gasteiger partial charge on any atom is -0.494 e. The van der Waals surface area contributed by atoms with E-state index in [0.717, 1.165) is 0 Å². The largest absolute Gasteiger partial charge is 0.494 e. The Morgan fingerprint density at radius 3 is 1.60 bits per heavy atom. The first-order chi connectivity index (χ1) is 44.6. The molecule has 13 N–H and O–H groups in total. The number of rotatable bonds is 31. The molecule has 0 radical (unpaired) electrons. The van der Waals surface area contributed by atoms with E-state index in [1.54, 1.807) is 32.9 Å². The smallest absolute Gasteiger partial charge is 0.490 e. The number of carbonyl (C=O) groups excluding carboxylic acids is 4. The van der Waals surface area contributed by atoms with Crippen LogP contribution >= 0.6 is 0 Å². The molecule has 534 valence electrons. The van der Waals surface area contributed by atoms with Crippen molar-refractivity contribution < 1.29 is 131 Å². The average molecular weight is 1420 g/mol. The maximum atomic E-state index is 13.7. The van der Waals surface area contributed by atoms with Crippen LogP contribution in [0.2, 0.25) is 0 Å². The normalized spacial score (nSPS) is 14.7. The van der Waals surface area contributed by atoms with E-state index >= 15 is 0 Å². The van der Waals surface area contributed by atoms with Gasteiger partial charge in [-0.3, -0.25) is 62.4 Å². The zero-order valence-corrected chi connectivity index (χ0v) is 52.7. The quantitative estimate of drug-likeness (QED) is 0.00945. The first-order valence-corrected chi connectivity index (χ1v) is 31.4. The Balaban J connectivity index is 0.00000154. The van der Waals surface area contributed by atoms with Crippen molar-refractivity contribution >= 4 is 96.3 Å². The lowest BCUT2D eigenvalue weighted by molar-refractivity contribution is -0.193. The van der Waals surface area contributed by atoms with Gasteiger partial charge >= 0.3 is 48.2 Å². The van der Waals surface area contributed by atoms with Crippen LogP contribution in [0.25, 0.3) is 10.9 Å². The van der Waals surface area contributed by atoms with Crippen molar-refractivity contribution in [3.63, 3.8) is 0 Å². The zero-order valence-electron chi connectivity index (χ0n) is 51.1. The molecule has 0 saturated carbocycles. The third-order valence-electron chi connectivity index (χ3n) is 13.2. The number of Topliss-reactive ketones (excluding diaryl/α,β-unsaturated/α-hetero) is 1. The number of carboxylic acids is 6. The summed E-state index contributed by atoms with van der Waals surface area (Å²) in [4.78, 5) is 131. The topological polar surface area (TPSA) is 509 Å². The van der Waals surface area contributed by atoms with Crippen LogP contribution in [-0.4, -0.2) is 286 Å². The summed E-state index contributed by atoms with van der Waals surface area (Å²) >= 11 is 0. The van der Waals surface area contributed by atoms with Crippen LogP contribution in [0.4, 0.5) is 32.3 Å². The number of imidazole rings is 1. The SMILES string of the molecule is Cc1cc(OCCCC(=O)NCCNC(=O)[C@H](CS(=O)(=O)O)NC(=O)CN2CCN(CC(=O)O)CCN(CC(=O)O)CCN(CC(=O)O)CC2)cc(C)c1S(=O)(=O)N[C@H](C(=O)O)C(=O)c1ccc2c(cnn2CCCNc2ncc[nH]2)c1.O=C(O)C(F)(F)F.O=C(O)C(F)(F)F. The number of halogens is 6. The summed E-state index contributed by atoms with van der Waals surface area (Å²) < 4.78 is 134. The number of benzene rings is 2. The minimum atomic E-state index is -5.08. The molecule has 0 aliphatic carbocycles. The summed E-state index contributed by atoms with van der Waals surface area (Å²) in [7, 11) is -9.46. The standard InChI is InChI=1S/C49H69N13O18S2.2C2HF3O2/c1-32-23-36(24-33(2)46(32)82(78,79)57-44(48(73)74)45(71)34-6-7-38-35(25-34)26-55-62(38)13-4-8-52-49-53-11-12-54-49)80-22-3-5-39(63)50-9-10-51-47(72)37(31-81(75,76)77)56-40(64)27-58-14-16-59(28-41(65)66)18-20-61(30-43(69)70)21-19-60(17-15-58)29-42(67)68;2*3-2(4,5)1(6)7/h6-7,11-12,23-26,37,44,57H,3-5,8-10,13-22,27-31H2,1-2H3,(H,50,63)(H,51,72)(H,56,64)(H,65,66)(H,67,68)(H,69,70)(H,73,74)(H2,52,53,54)(H,75,76,77);2*(H,6,7)/t37-,44-;;/m0../s1. The molecule has 2 aromatic carbocycles. The van der Waals surface area contributed by atoms with Gasteiger partial charge in [-0.05, 0) is 68.1 Å². The highest BCUT2D eigenvalue weighted by molar-refractivity contribution is 7.89. The number of H-pyrrole nitrogens is 1. The lowest BCUT2D eigenvalue weighted by Crippen LogP contribution is -2.54. The first kappa shape index (κ1) is 81.1. The molecule has 2 atom stereocenters. The number of amides is 3. The number of nitrogens with zero attached hydrogens (tertiary/aromatic N) is 7. The molecule has 0 unspecified atom stereocenters. The molecular formula is C53H71F6N13O22S2. The Morgan fingerprint density at radius 2 is 1.16 bits per heavy atom. The van der Waals surface area contributed by atoms with E-state index in [1.165, 1.54) is 54.1 Å². The fraction of sp³-hybridized carbons (Fsp3) is 0.509. The second-order valence-corrected chi connectivity index (χ2v) is 24.0. The van der Waals surface area contributed by atoms with Gasteiger partial charge in [0.1, 0.15) is 17.5 Å². The third-order valence-corrected chi connectivity index (χ3v) is 15.7. The molecule has 0 spiro atoms. The second-order valence-electron chi connectivity index (χ2n) is 20.9. The first-order valence-electron chi connectivity index (χ1n) is 28.3. The van der Waals surface area contributed by atoms with Crippen molar-refractivity contribution in [2.45, 2.75) is 69.0 Å². The van der Waals surface area contributed by atoms with Gasteiger partial charge in [0.15, 0.2) is 17.8 Å². The summed E-state index contributed by atoms with van der Waals surface area (Å²) in [5.41, 5.74) is 0.965. The third kappa shape index (κ3) is 30.1. The summed E-state index contributed by atoms with van der Waals surface area (Å²) in [5, 5.41) is 68.0. The summed E-state index contributed by atoms with van der Waals surface area (Å²) in [6.07, 6.45) is -4.56. The van der Waals surface area contributed by atoms with E-state index in [-0.39, 0.29) is 119 Å². The van der Waals surface area contributed by atoms with Crippen LogP contribution in [0.15, 0.2) is 53.8 Å². The average Bonchev–Trinajstić information content (AvgIpc) is 1.06. The molecule has 1 aliphatic heterocycles. The number of ketones is 1. The Labute approximate surface area is 541 Å². The number of sulfonamides is 1. The number of aromatic amines is 1. The van der Waals surface area contributed by atoms with E-state index in [4.69, 9.17) is 24.5 Å². The number of hydrogen-bond donors (Lipinski definition) is 13. The Bertz CT molecular complexity index is 3500. The number of nitrogens with one attached hydrogen (secondary N) is 6. The predicted octanol–water partition coefficient (Wildman–Crippen LogP) is -1.00. The molecule has 5 rings (SSSR count). The number of alkyl halides is 6. The van der Waals surface area contributed by atoms with Crippen molar-refractivity contribution in [1.82, 2.24) is 60.0 Å². The highest BCUT2D eigenvalue weighted by Crippen LogP contribution is 2.27. The van der Waals surface area contributed by atoms with Crippen LogP contribution in [-0.2, 0) is 69.8 Å². The van der Waals surface area contributed by atoms with Gasteiger partial charge in [0, 0.05) is 108 Å². The number of aliphatic carboxylic acids is 6. The fourth-order valence-electron chi connectivity index (χ4n) is 8.87. The lowest BCUT2D eigenvalue weighted by Gasteiger charge is -2.33. The number of carbonyl (C=O) groups is 10. The van der Waals surface area contributed by atoms with Gasteiger partial charge in [-0.25, -0.2) is 27.8 Å². The molecular weight excluding hydrogens is 1350 g/mol. The summed E-state index contributed by atoms with van der Waals surface area (Å²) in [5.74, 6) is -14.4. The van der Waals surface area contributed by atoms with Crippen molar-refractivity contribution in [1.29, 1.82) is 0 Å². The summed E-state index contributed by atoms with van der Waals surface area (Å²) in [6.45, 7) is 2.72. The van der Waals surface area contributed by atoms with E-state index in [0.29, 0.717) is 36.4 Å². The van der Waals surface area contributed by atoms with Gasteiger partial charge in [-0.2, -0.15) is 44.6 Å². The molecule has 0 bridgehead atoms. The highest BCUT2D eigenvalue weighted by Gasteiger charge is 2.39. The van der Waals surface area contributed by atoms with Crippen LogP contribution in [0.3, 0.4) is 0 Å². The number of carboxylic acid groups (broad SMARTS) is 6. The number of aryl methyl sites for hydroxylation is 3. The van der Waals surface area contributed by atoms with Crippen molar-refractivity contribution in [2.24, 2.45) is 0 Å². The predicted molar refractivity (Wildman–Crippen MR) is 319 cm³/mol. The number of anilines is 1. The molecule has 1 saturated heterocycles. The molecule has 3 heterocycles. The van der Waals surface area contributed by atoms with Crippen LogP contribution in [0.1, 0.15) is 40.7 Å². The van der Waals surface area contributed by atoms with Gasteiger partial charge in [0.25, 0.3) is 10.1 Å². The van der Waals surface area contributed by atoms with Gasteiger partial charge in [0.2, 0.25) is 27.7 Å². The van der Waals surface area contributed by atoms with E-state index in [9.17, 15) is 107 Å². The lowest BCUT2D eigenvalue weighted by atomic mass is 10.0. The van der Waals surface area contributed by atoms with Gasteiger partial charge in [-0.1, -0.05) is 0 Å². The second kappa shape index (κ2) is 37.8. The van der Waals surface area contributed by atoms with Crippen molar-refractivity contribution in [3.8, 4) is 5.75 Å². The number of fused-ring (bicyclic) bond motifs is 1. The minimum absolute atomic E-state index is 0.0157. The molecule has 3 amide bonds. The highest BCUT2D eigenvalue weighted by atomic mass is 32.2. The molecule has 1 fully saturated rings. The Kier molecular flexibility index (Phi) is 31.9. The van der Waals surface area contributed by atoms with Crippen LogP contribution < -0.4 is 30.7 Å². The Morgan fingerprint density at radius 1 is 0.667 bits per heavy atom. The van der Waals surface area contributed by atoms with Crippen LogP contribution in [0, 0.1) is 13.8 Å². The van der Waals surface area contributed by atoms with Gasteiger partial charge < -0.3 is 61.6 Å². The Hall–Kier alpha value is -9.14. The molecule has 1 aliphatic rings. The molecule has 2 aromatic heterocycles. The number of hydrogen-bond acceptors (Lipinski definition) is 22. The maximum Gasteiger partial charge on any atom is 0.490 e. The monoisotopic (exact) mass is 1420 g/mol. The molecule has 35 nitrogen and oxygen atoms in total. The van der Waals surface area contributed by atoms with Gasteiger partial charge in [-0.15, -0.1) is 0 Å². The maximum absolute atomic E-state index is 13.7. The van der Waals surface area contributed by atoms with E-state index in [2.05, 4.69) is 36.3 Å². The van der Waals surface area contributed by atoms with Crippen molar-refractivity contribution in [3.05, 3.63) is 65.6 Å². The van der Waals surface area contributed by atoms with Gasteiger partial charge in [0.05, 0.1) is 49.4 Å².